The number of hydrogen-bond donors (Lipinski definition) is 2. The molecule has 1 aromatic rings. The standard InChI is InChI=1S/C15H21NO4/c1-5-9-16-15(3,14(18)20-6-2)11-7-8-12(17)13(10-11)19-4/h5,7-8,10,16-17H,1,6,9H2,2-4H3. The average Bonchev–Trinajstić information content (AvgIpc) is 2.45. The molecule has 1 rings (SSSR count). The van der Waals surface area contributed by atoms with Crippen molar-refractivity contribution >= 4 is 5.97 Å². The van der Waals surface area contributed by atoms with Gasteiger partial charge in [-0.3, -0.25) is 5.32 Å². The zero-order chi connectivity index (χ0) is 15.2. The predicted molar refractivity (Wildman–Crippen MR) is 76.8 cm³/mol. The minimum atomic E-state index is -1.04. The van der Waals surface area contributed by atoms with Gasteiger partial charge in [0, 0.05) is 6.54 Å². The normalized spacial score (nSPS) is 13.3. The third-order valence-electron chi connectivity index (χ3n) is 3.04. The number of esters is 1. The SMILES string of the molecule is C=CCNC(C)(C(=O)OCC)c1ccc(O)c(OC)c1. The van der Waals surface area contributed by atoms with E-state index in [1.807, 2.05) is 0 Å². The fraction of sp³-hybridized carbons (Fsp3) is 0.400. The first-order valence-corrected chi connectivity index (χ1v) is 6.40. The van der Waals surface area contributed by atoms with Crippen molar-refractivity contribution < 1.29 is 19.4 Å². The molecule has 0 heterocycles. The van der Waals surface area contributed by atoms with Crippen LogP contribution in [0.25, 0.3) is 0 Å². The van der Waals surface area contributed by atoms with Crippen molar-refractivity contribution in [3.63, 3.8) is 0 Å². The minimum Gasteiger partial charge on any atom is -0.504 e. The molecule has 0 radical (unpaired) electrons. The summed E-state index contributed by atoms with van der Waals surface area (Å²) in [5.74, 6) is -0.0702. The Balaban J connectivity index is 3.21. The number of ether oxygens (including phenoxy) is 2. The van der Waals surface area contributed by atoms with Crippen LogP contribution in [0, 0.1) is 0 Å². The molecule has 0 saturated carbocycles. The molecule has 0 aliphatic rings. The highest BCUT2D eigenvalue weighted by molar-refractivity contribution is 5.82. The van der Waals surface area contributed by atoms with E-state index in [0.29, 0.717) is 24.5 Å². The summed E-state index contributed by atoms with van der Waals surface area (Å²) in [5.41, 5.74) is -0.391. The second-order valence-corrected chi connectivity index (χ2v) is 4.40. The van der Waals surface area contributed by atoms with E-state index in [1.165, 1.54) is 13.2 Å². The maximum atomic E-state index is 12.2. The number of benzene rings is 1. The minimum absolute atomic E-state index is 0.0196. The number of phenols is 1. The Hall–Kier alpha value is -2.01. The zero-order valence-corrected chi connectivity index (χ0v) is 12.1. The smallest absolute Gasteiger partial charge is 0.330 e. The summed E-state index contributed by atoms with van der Waals surface area (Å²) in [5, 5.41) is 12.7. The van der Waals surface area contributed by atoms with Gasteiger partial charge in [-0.1, -0.05) is 12.1 Å². The van der Waals surface area contributed by atoms with Gasteiger partial charge in [0.15, 0.2) is 11.5 Å². The number of phenolic OH excluding ortho intramolecular Hbond substituents is 1. The molecule has 1 atom stereocenters. The van der Waals surface area contributed by atoms with Crippen LogP contribution in [0.1, 0.15) is 19.4 Å². The molecule has 0 saturated heterocycles. The highest BCUT2D eigenvalue weighted by Gasteiger charge is 2.36. The Morgan fingerprint density at radius 1 is 1.55 bits per heavy atom. The Morgan fingerprint density at radius 3 is 2.80 bits per heavy atom. The largest absolute Gasteiger partial charge is 0.504 e. The Labute approximate surface area is 119 Å². The molecule has 1 unspecified atom stereocenters. The van der Waals surface area contributed by atoms with Crippen LogP contribution in [0.2, 0.25) is 0 Å². The lowest BCUT2D eigenvalue weighted by molar-refractivity contribution is -0.150. The van der Waals surface area contributed by atoms with Gasteiger partial charge in [0.05, 0.1) is 13.7 Å². The Kier molecular flexibility index (Phi) is 5.58. The fourth-order valence-electron chi connectivity index (χ4n) is 1.83. The molecule has 1 aromatic carbocycles. The molecular weight excluding hydrogens is 258 g/mol. The van der Waals surface area contributed by atoms with Gasteiger partial charge in [0.25, 0.3) is 0 Å². The second kappa shape index (κ2) is 6.96. The molecule has 0 aliphatic carbocycles. The number of aromatic hydroxyl groups is 1. The quantitative estimate of drug-likeness (QED) is 0.590. The van der Waals surface area contributed by atoms with Crippen LogP contribution in [-0.2, 0) is 15.1 Å². The lowest BCUT2D eigenvalue weighted by Crippen LogP contribution is -2.47. The molecule has 0 fully saturated rings. The van der Waals surface area contributed by atoms with Crippen LogP contribution >= 0.6 is 0 Å². The summed E-state index contributed by atoms with van der Waals surface area (Å²) in [6, 6.07) is 4.76. The van der Waals surface area contributed by atoms with Crippen molar-refractivity contribution in [2.24, 2.45) is 0 Å². The van der Waals surface area contributed by atoms with Gasteiger partial charge in [-0.15, -0.1) is 6.58 Å². The predicted octanol–water partition coefficient (Wildman–Crippen LogP) is 1.95. The third-order valence-corrected chi connectivity index (χ3v) is 3.04. The van der Waals surface area contributed by atoms with E-state index in [2.05, 4.69) is 11.9 Å². The average molecular weight is 279 g/mol. The van der Waals surface area contributed by atoms with Gasteiger partial charge in [-0.25, -0.2) is 4.79 Å². The van der Waals surface area contributed by atoms with Gasteiger partial charge < -0.3 is 14.6 Å². The highest BCUT2D eigenvalue weighted by atomic mass is 16.5. The first kappa shape index (κ1) is 16.0. The first-order valence-electron chi connectivity index (χ1n) is 6.40. The van der Waals surface area contributed by atoms with Gasteiger partial charge in [-0.2, -0.15) is 0 Å². The molecule has 0 spiro atoms. The summed E-state index contributed by atoms with van der Waals surface area (Å²) >= 11 is 0. The first-order chi connectivity index (χ1) is 9.49. The van der Waals surface area contributed by atoms with E-state index in [-0.39, 0.29) is 5.75 Å². The lowest BCUT2D eigenvalue weighted by Gasteiger charge is -2.29. The van der Waals surface area contributed by atoms with Crippen molar-refractivity contribution in [1.29, 1.82) is 0 Å². The molecule has 20 heavy (non-hydrogen) atoms. The van der Waals surface area contributed by atoms with E-state index < -0.39 is 11.5 Å². The molecule has 0 bridgehead atoms. The molecule has 110 valence electrons. The van der Waals surface area contributed by atoms with Crippen LogP contribution in [-0.4, -0.2) is 31.3 Å². The van der Waals surface area contributed by atoms with Crippen molar-refractivity contribution in [1.82, 2.24) is 5.32 Å². The maximum absolute atomic E-state index is 12.2. The fourth-order valence-corrected chi connectivity index (χ4v) is 1.83. The molecular formula is C15H21NO4. The number of rotatable bonds is 7. The molecule has 5 heteroatoms. The number of methoxy groups -OCH3 is 1. The number of hydrogen-bond acceptors (Lipinski definition) is 5. The van der Waals surface area contributed by atoms with E-state index in [1.54, 1.807) is 32.1 Å². The van der Waals surface area contributed by atoms with Crippen molar-refractivity contribution in [2.75, 3.05) is 20.3 Å². The zero-order valence-electron chi connectivity index (χ0n) is 12.1. The van der Waals surface area contributed by atoms with Crippen molar-refractivity contribution in [2.45, 2.75) is 19.4 Å². The molecule has 0 amide bonds. The second-order valence-electron chi connectivity index (χ2n) is 4.40. The van der Waals surface area contributed by atoms with Crippen LogP contribution in [0.15, 0.2) is 30.9 Å². The van der Waals surface area contributed by atoms with E-state index in [4.69, 9.17) is 9.47 Å². The summed E-state index contributed by atoms with van der Waals surface area (Å²) in [4.78, 5) is 12.2. The summed E-state index contributed by atoms with van der Waals surface area (Å²) in [6.07, 6.45) is 1.66. The van der Waals surface area contributed by atoms with Gasteiger partial charge in [0.2, 0.25) is 0 Å². The molecule has 2 N–H and O–H groups in total. The summed E-state index contributed by atoms with van der Waals surface area (Å²) < 4.78 is 10.2. The van der Waals surface area contributed by atoms with Crippen molar-refractivity contribution in [3.8, 4) is 11.5 Å². The Morgan fingerprint density at radius 2 is 2.25 bits per heavy atom. The van der Waals surface area contributed by atoms with Crippen LogP contribution in [0.3, 0.4) is 0 Å². The number of carbonyl (C=O) groups is 1. The van der Waals surface area contributed by atoms with E-state index in [0.717, 1.165) is 0 Å². The van der Waals surface area contributed by atoms with Crippen LogP contribution in [0.4, 0.5) is 0 Å². The molecule has 0 aromatic heterocycles. The topological polar surface area (TPSA) is 67.8 Å². The number of nitrogens with one attached hydrogen (secondary N) is 1. The van der Waals surface area contributed by atoms with Crippen LogP contribution in [0.5, 0.6) is 11.5 Å². The van der Waals surface area contributed by atoms with Gasteiger partial charge >= 0.3 is 5.97 Å². The maximum Gasteiger partial charge on any atom is 0.330 e. The highest BCUT2D eigenvalue weighted by Crippen LogP contribution is 2.32. The van der Waals surface area contributed by atoms with Crippen LogP contribution < -0.4 is 10.1 Å². The Bertz CT molecular complexity index is 487. The van der Waals surface area contributed by atoms with E-state index >= 15 is 0 Å². The number of carbonyl (C=O) groups excluding carboxylic acids is 1. The molecule has 5 nitrogen and oxygen atoms in total. The summed E-state index contributed by atoms with van der Waals surface area (Å²) in [6.45, 7) is 7.84. The lowest BCUT2D eigenvalue weighted by atomic mass is 9.91. The van der Waals surface area contributed by atoms with E-state index in [9.17, 15) is 9.90 Å². The summed E-state index contributed by atoms with van der Waals surface area (Å²) in [7, 11) is 1.46. The monoisotopic (exact) mass is 279 g/mol. The van der Waals surface area contributed by atoms with Gasteiger partial charge in [0.1, 0.15) is 5.54 Å². The third kappa shape index (κ3) is 3.30. The molecule has 0 aliphatic heterocycles. The van der Waals surface area contributed by atoms with Crippen molar-refractivity contribution in [3.05, 3.63) is 36.4 Å². The van der Waals surface area contributed by atoms with Gasteiger partial charge in [-0.05, 0) is 31.5 Å².